The van der Waals surface area contributed by atoms with Crippen molar-refractivity contribution in [3.63, 3.8) is 0 Å². The molecule has 0 saturated carbocycles. The van der Waals surface area contributed by atoms with Gasteiger partial charge in [0.25, 0.3) is 10.0 Å². The van der Waals surface area contributed by atoms with Crippen molar-refractivity contribution in [3.05, 3.63) is 17.0 Å². The zero-order chi connectivity index (χ0) is 8.48. The summed E-state index contributed by atoms with van der Waals surface area (Å²) in [5, 5.41) is 4.61. The van der Waals surface area contributed by atoms with E-state index >= 15 is 0 Å². The van der Waals surface area contributed by atoms with Gasteiger partial charge < -0.3 is 0 Å². The van der Waals surface area contributed by atoms with E-state index in [1.165, 1.54) is 6.20 Å². The van der Waals surface area contributed by atoms with Crippen LogP contribution in [-0.4, -0.2) is 18.4 Å². The zero-order valence-corrected chi connectivity index (χ0v) is 7.63. The second-order valence-corrected chi connectivity index (χ2v) is 4.05. The minimum absolute atomic E-state index is 0.201. The third kappa shape index (κ3) is 1.95. The predicted molar refractivity (Wildman–Crippen MR) is 41.1 cm³/mol. The second-order valence-electron chi connectivity index (χ2n) is 1.72. The van der Waals surface area contributed by atoms with Crippen molar-refractivity contribution in [2.45, 2.75) is 5.03 Å². The smallest absolute Gasteiger partial charge is 0.244 e. The lowest BCUT2D eigenvalue weighted by Gasteiger charge is -1.96. The van der Waals surface area contributed by atoms with Crippen LogP contribution < -0.4 is 5.14 Å². The van der Waals surface area contributed by atoms with Gasteiger partial charge in [-0.25, -0.2) is 23.5 Å². The molecule has 0 aliphatic rings. The van der Waals surface area contributed by atoms with Crippen LogP contribution >= 0.6 is 15.9 Å². The molecule has 0 fully saturated rings. The molecule has 0 aliphatic carbocycles. The van der Waals surface area contributed by atoms with Gasteiger partial charge in [-0.3, -0.25) is 0 Å². The minimum atomic E-state index is -3.73. The third-order valence-corrected chi connectivity index (χ3v) is 2.61. The van der Waals surface area contributed by atoms with Gasteiger partial charge in [0.2, 0.25) is 0 Å². The molecule has 0 amide bonds. The molecule has 0 unspecified atom stereocenters. The van der Waals surface area contributed by atoms with Crippen molar-refractivity contribution in [1.29, 1.82) is 0 Å². The fourth-order valence-corrected chi connectivity index (χ4v) is 1.93. The van der Waals surface area contributed by atoms with Crippen molar-refractivity contribution in [3.8, 4) is 0 Å². The van der Waals surface area contributed by atoms with Gasteiger partial charge >= 0.3 is 0 Å². The molecule has 11 heavy (non-hydrogen) atoms. The van der Waals surface area contributed by atoms with E-state index in [9.17, 15) is 8.42 Å². The van der Waals surface area contributed by atoms with Crippen LogP contribution in [0.15, 0.2) is 22.0 Å². The molecule has 60 valence electrons. The molecule has 1 aromatic heterocycles. The Morgan fingerprint density at radius 1 is 1.55 bits per heavy atom. The topological polar surface area (TPSA) is 85.9 Å². The number of primary sulfonamides is 1. The van der Waals surface area contributed by atoms with E-state index in [-0.39, 0.29) is 9.50 Å². The first-order valence-corrected chi connectivity index (χ1v) is 4.84. The molecule has 0 radical (unpaired) electrons. The summed E-state index contributed by atoms with van der Waals surface area (Å²) in [4.78, 5) is 7.06. The summed E-state index contributed by atoms with van der Waals surface area (Å²) in [5.74, 6) is 0. The lowest BCUT2D eigenvalue weighted by molar-refractivity contribution is 0.593. The first-order chi connectivity index (χ1) is 5.02. The monoisotopic (exact) mass is 237 g/mol. The van der Waals surface area contributed by atoms with Crippen LogP contribution in [0.3, 0.4) is 0 Å². The number of hydrogen-bond acceptors (Lipinski definition) is 4. The Hall–Kier alpha value is -0.530. The second kappa shape index (κ2) is 2.84. The number of aromatic nitrogens is 2. The van der Waals surface area contributed by atoms with Crippen LogP contribution in [0.4, 0.5) is 0 Å². The van der Waals surface area contributed by atoms with Gasteiger partial charge in [0, 0.05) is 6.20 Å². The lowest BCUT2D eigenvalue weighted by Crippen LogP contribution is -2.14. The van der Waals surface area contributed by atoms with E-state index in [0.29, 0.717) is 0 Å². The largest absolute Gasteiger partial charge is 0.256 e. The van der Waals surface area contributed by atoms with Crippen molar-refractivity contribution in [1.82, 2.24) is 9.97 Å². The third-order valence-electron chi connectivity index (χ3n) is 0.903. The van der Waals surface area contributed by atoms with Gasteiger partial charge in [-0.1, -0.05) is 0 Å². The number of nitrogens with two attached hydrogens (primary N) is 1. The molecule has 0 aromatic carbocycles. The number of halogens is 1. The quantitative estimate of drug-likeness (QED) is 0.691. The molecule has 0 bridgehead atoms. The molecule has 0 spiro atoms. The molecule has 2 N–H and O–H groups in total. The summed E-state index contributed by atoms with van der Waals surface area (Å²) in [6.07, 6.45) is 2.43. The fraction of sp³-hybridized carbons (Fsp3) is 0. The molecule has 0 atom stereocenters. The lowest BCUT2D eigenvalue weighted by atomic mass is 10.7. The summed E-state index contributed by atoms with van der Waals surface area (Å²) in [6, 6.07) is 0. The average Bonchev–Trinajstić information content (AvgIpc) is 1.86. The normalized spacial score (nSPS) is 11.5. The Morgan fingerprint density at radius 2 is 2.18 bits per heavy atom. The Bertz CT molecular complexity index is 363. The number of hydrogen-bond donors (Lipinski definition) is 1. The van der Waals surface area contributed by atoms with Crippen molar-refractivity contribution in [2.75, 3.05) is 0 Å². The highest BCUT2D eigenvalue weighted by atomic mass is 79.9. The highest BCUT2D eigenvalue weighted by Gasteiger charge is 2.12. The summed E-state index contributed by atoms with van der Waals surface area (Å²) in [6.45, 7) is 0. The predicted octanol–water partition coefficient (Wildman–Crippen LogP) is -0.113. The highest BCUT2D eigenvalue weighted by molar-refractivity contribution is 9.10. The van der Waals surface area contributed by atoms with E-state index in [1.54, 1.807) is 0 Å². The summed E-state index contributed by atoms with van der Waals surface area (Å²) in [5.41, 5.74) is 0. The molecule has 0 aliphatic heterocycles. The molecular weight excluding hydrogens is 234 g/mol. The van der Waals surface area contributed by atoms with E-state index < -0.39 is 10.0 Å². The van der Waals surface area contributed by atoms with Crippen LogP contribution in [-0.2, 0) is 10.0 Å². The first kappa shape index (κ1) is 8.57. The van der Waals surface area contributed by atoms with Crippen LogP contribution in [0.2, 0.25) is 0 Å². The molecule has 7 heteroatoms. The minimum Gasteiger partial charge on any atom is -0.244 e. The maximum atomic E-state index is 10.7. The Labute approximate surface area is 71.8 Å². The van der Waals surface area contributed by atoms with Crippen molar-refractivity contribution in [2.24, 2.45) is 5.14 Å². The van der Waals surface area contributed by atoms with E-state index in [2.05, 4.69) is 25.9 Å². The number of sulfonamides is 1. The maximum absolute atomic E-state index is 10.7. The molecular formula is C4H4BrN3O2S. The molecule has 1 rings (SSSR count). The number of rotatable bonds is 1. The maximum Gasteiger partial charge on any atom is 0.256 e. The van der Waals surface area contributed by atoms with Gasteiger partial charge in [0.15, 0.2) is 5.03 Å². The standard InChI is InChI=1S/C4H4BrN3O2S/c5-3-1-7-2-8-4(3)11(6,9)10/h1-2H,(H2,6,9,10). The van der Waals surface area contributed by atoms with Gasteiger partial charge in [0.1, 0.15) is 6.33 Å². The molecule has 0 saturated heterocycles. The van der Waals surface area contributed by atoms with Gasteiger partial charge in [-0.05, 0) is 15.9 Å². The van der Waals surface area contributed by atoms with Crippen LogP contribution in [0.1, 0.15) is 0 Å². The highest BCUT2D eigenvalue weighted by Crippen LogP contribution is 2.14. The summed E-state index contributed by atoms with van der Waals surface area (Å²) >= 11 is 2.95. The van der Waals surface area contributed by atoms with Gasteiger partial charge in [0.05, 0.1) is 4.47 Å². The van der Waals surface area contributed by atoms with Gasteiger partial charge in [-0.2, -0.15) is 0 Å². The summed E-state index contributed by atoms with van der Waals surface area (Å²) < 4.78 is 21.7. The Kier molecular flexibility index (Phi) is 2.21. The molecule has 1 aromatic rings. The van der Waals surface area contributed by atoms with E-state index in [0.717, 1.165) is 6.33 Å². The van der Waals surface area contributed by atoms with Crippen LogP contribution in [0.25, 0.3) is 0 Å². The van der Waals surface area contributed by atoms with Crippen molar-refractivity contribution < 1.29 is 8.42 Å². The van der Waals surface area contributed by atoms with Crippen LogP contribution in [0, 0.1) is 0 Å². The molecule has 1 heterocycles. The van der Waals surface area contributed by atoms with E-state index in [1.807, 2.05) is 0 Å². The van der Waals surface area contributed by atoms with E-state index in [4.69, 9.17) is 5.14 Å². The SMILES string of the molecule is NS(=O)(=O)c1ncncc1Br. The first-order valence-electron chi connectivity index (χ1n) is 2.50. The van der Waals surface area contributed by atoms with Gasteiger partial charge in [-0.15, -0.1) is 0 Å². The zero-order valence-electron chi connectivity index (χ0n) is 5.23. The average molecular weight is 238 g/mol. The fourth-order valence-electron chi connectivity index (χ4n) is 0.511. The summed E-state index contributed by atoms with van der Waals surface area (Å²) in [7, 11) is -3.73. The molecule has 5 nitrogen and oxygen atoms in total. The Morgan fingerprint density at radius 3 is 2.55 bits per heavy atom. The van der Waals surface area contributed by atoms with Crippen LogP contribution in [0.5, 0.6) is 0 Å². The van der Waals surface area contributed by atoms with Crippen molar-refractivity contribution >= 4 is 26.0 Å². The number of nitrogens with zero attached hydrogens (tertiary/aromatic N) is 2. The Balaban J connectivity index is 3.37.